The Hall–Kier alpha value is -3.80. The molecule has 4 rings (SSSR count). The Balaban J connectivity index is 2.17. The average Bonchev–Trinajstić information content (AvgIpc) is 2.66. The topological polar surface area (TPSA) is 103 Å². The number of thiocarbonyl (C=S) groups is 1. The highest BCUT2D eigenvalue weighted by Gasteiger charge is 2.21. The van der Waals surface area contributed by atoms with Gasteiger partial charge in [0.15, 0.2) is 5.43 Å². The van der Waals surface area contributed by atoms with Crippen molar-refractivity contribution in [3.8, 4) is 28.2 Å². The molecule has 1 aliphatic carbocycles. The van der Waals surface area contributed by atoms with Gasteiger partial charge in [0.25, 0.3) is 0 Å². The third-order valence-electron chi connectivity index (χ3n) is 4.34. The molecule has 1 aliphatic heterocycles. The van der Waals surface area contributed by atoms with E-state index in [-0.39, 0.29) is 28.1 Å². The van der Waals surface area contributed by atoms with Crippen molar-refractivity contribution in [1.82, 2.24) is 0 Å². The maximum atomic E-state index is 11.9. The standard InChI is InChI=1S/C21H11NO5S/c23-12-2-5-15-18(8-12)27-19-9-13(24)3-6-16(19)20(15)14-4-1-11(22-10-28)7-17(14)21(25)26/h1-9,23H,(H,25,26)/p-1. The lowest BCUT2D eigenvalue weighted by atomic mass is 9.90. The van der Waals surface area contributed by atoms with Crippen LogP contribution in [0.2, 0.25) is 0 Å². The second-order valence-corrected chi connectivity index (χ2v) is 6.21. The van der Waals surface area contributed by atoms with Gasteiger partial charge in [0.05, 0.1) is 16.4 Å². The van der Waals surface area contributed by atoms with Crippen molar-refractivity contribution >= 4 is 40.0 Å². The highest BCUT2D eigenvalue weighted by Crippen LogP contribution is 2.42. The molecule has 2 aromatic rings. The maximum absolute atomic E-state index is 11.9. The molecule has 0 radical (unpaired) electrons. The van der Waals surface area contributed by atoms with Crippen LogP contribution in [0.3, 0.4) is 0 Å². The summed E-state index contributed by atoms with van der Waals surface area (Å²) in [6, 6.07) is 13.1. The van der Waals surface area contributed by atoms with Gasteiger partial charge in [-0.1, -0.05) is 18.2 Å². The zero-order chi connectivity index (χ0) is 19.8. The number of fused-ring (bicyclic) bond motifs is 2. The summed E-state index contributed by atoms with van der Waals surface area (Å²) in [5.74, 6) is -1.15. The van der Waals surface area contributed by atoms with Crippen molar-refractivity contribution in [3.05, 3.63) is 70.4 Å². The first-order valence-electron chi connectivity index (χ1n) is 8.11. The van der Waals surface area contributed by atoms with Gasteiger partial charge in [0, 0.05) is 22.6 Å². The van der Waals surface area contributed by atoms with E-state index in [9.17, 15) is 19.8 Å². The van der Waals surface area contributed by atoms with Crippen molar-refractivity contribution in [2.75, 3.05) is 0 Å². The number of aliphatic imine (C=N–C) groups is 1. The molecule has 28 heavy (non-hydrogen) atoms. The van der Waals surface area contributed by atoms with Gasteiger partial charge in [-0.3, -0.25) is 4.79 Å². The lowest BCUT2D eigenvalue weighted by Crippen LogP contribution is -2.03. The number of isothiocyanates is 1. The Morgan fingerprint density at radius 3 is 2.61 bits per heavy atom. The summed E-state index contributed by atoms with van der Waals surface area (Å²) in [6.45, 7) is 0. The van der Waals surface area contributed by atoms with E-state index in [1.165, 1.54) is 30.3 Å². The number of carboxylic acids is 1. The number of carbonyl (C=O) groups is 1. The molecule has 0 spiro atoms. The minimum Gasteiger partial charge on any atom is -0.872 e. The van der Waals surface area contributed by atoms with Gasteiger partial charge in [0.2, 0.25) is 0 Å². The largest absolute Gasteiger partial charge is 0.872 e. The SMILES string of the molecule is O=C(O)c1cc(N=C=S)ccc1-c1c2ccc(=O)cc-2oc2cc([O-])ccc12. The number of benzene rings is 3. The molecular formula is C21H10NO5S-. The molecule has 2 aliphatic rings. The fraction of sp³-hybridized carbons (Fsp3) is 0. The predicted octanol–water partition coefficient (Wildman–Crippen LogP) is 4.07. The van der Waals surface area contributed by atoms with Crippen molar-refractivity contribution in [2.24, 2.45) is 4.99 Å². The van der Waals surface area contributed by atoms with E-state index in [1.54, 1.807) is 24.3 Å². The van der Waals surface area contributed by atoms with E-state index >= 15 is 0 Å². The van der Waals surface area contributed by atoms with E-state index in [2.05, 4.69) is 22.4 Å². The van der Waals surface area contributed by atoms with E-state index in [0.29, 0.717) is 27.8 Å². The van der Waals surface area contributed by atoms with Crippen LogP contribution in [0.4, 0.5) is 5.69 Å². The van der Waals surface area contributed by atoms with Gasteiger partial charge < -0.3 is 14.6 Å². The first kappa shape index (κ1) is 17.6. The molecule has 0 unspecified atom stereocenters. The number of nitrogens with zero attached hydrogens (tertiary/aromatic N) is 1. The lowest BCUT2D eigenvalue weighted by Gasteiger charge is -2.18. The Labute approximate surface area is 163 Å². The van der Waals surface area contributed by atoms with Crippen LogP contribution in [0, 0.1) is 0 Å². The number of carboxylic acid groups (broad SMARTS) is 1. The minimum absolute atomic E-state index is 0.00213. The van der Waals surface area contributed by atoms with Gasteiger partial charge in [-0.05, 0) is 48.1 Å². The summed E-state index contributed by atoms with van der Waals surface area (Å²) in [4.78, 5) is 27.5. The summed E-state index contributed by atoms with van der Waals surface area (Å²) >= 11 is 4.58. The van der Waals surface area contributed by atoms with Crippen molar-refractivity contribution < 1.29 is 19.4 Å². The molecule has 136 valence electrons. The van der Waals surface area contributed by atoms with Crippen LogP contribution in [0.5, 0.6) is 5.75 Å². The van der Waals surface area contributed by atoms with Crippen molar-refractivity contribution in [3.63, 3.8) is 0 Å². The summed E-state index contributed by atoms with van der Waals surface area (Å²) in [5, 5.41) is 24.3. The van der Waals surface area contributed by atoms with Crippen LogP contribution in [-0.4, -0.2) is 16.2 Å². The van der Waals surface area contributed by atoms with Gasteiger partial charge in [0.1, 0.15) is 11.3 Å². The molecular weight excluding hydrogens is 378 g/mol. The van der Waals surface area contributed by atoms with E-state index in [4.69, 9.17) is 4.42 Å². The smallest absolute Gasteiger partial charge is 0.336 e. The third kappa shape index (κ3) is 2.95. The minimum atomic E-state index is -1.15. The van der Waals surface area contributed by atoms with E-state index in [1.807, 2.05) is 0 Å². The molecule has 0 fully saturated rings. The second-order valence-electron chi connectivity index (χ2n) is 6.03. The van der Waals surface area contributed by atoms with Gasteiger partial charge in [-0.15, -0.1) is 5.75 Å². The Kier molecular flexibility index (Phi) is 4.24. The summed E-state index contributed by atoms with van der Waals surface area (Å²) in [7, 11) is 0. The Morgan fingerprint density at radius 1 is 1.07 bits per heavy atom. The fourth-order valence-corrected chi connectivity index (χ4v) is 3.30. The molecule has 0 atom stereocenters. The third-order valence-corrected chi connectivity index (χ3v) is 4.43. The quantitative estimate of drug-likeness (QED) is 0.322. The first-order chi connectivity index (χ1) is 13.5. The lowest BCUT2D eigenvalue weighted by molar-refractivity contribution is -0.268. The first-order valence-corrected chi connectivity index (χ1v) is 8.52. The zero-order valence-corrected chi connectivity index (χ0v) is 14.9. The molecule has 0 amide bonds. The number of hydrogen-bond acceptors (Lipinski definition) is 6. The van der Waals surface area contributed by atoms with Crippen LogP contribution < -0.4 is 10.5 Å². The number of rotatable bonds is 3. The highest BCUT2D eigenvalue weighted by molar-refractivity contribution is 7.78. The van der Waals surface area contributed by atoms with Gasteiger partial charge in [-0.2, -0.15) is 4.99 Å². The van der Waals surface area contributed by atoms with E-state index < -0.39 is 5.97 Å². The molecule has 1 heterocycles. The predicted molar refractivity (Wildman–Crippen MR) is 106 cm³/mol. The van der Waals surface area contributed by atoms with Crippen LogP contribution in [0.25, 0.3) is 33.4 Å². The van der Waals surface area contributed by atoms with Crippen molar-refractivity contribution in [1.29, 1.82) is 0 Å². The summed E-state index contributed by atoms with van der Waals surface area (Å²) < 4.78 is 5.74. The molecule has 7 heteroatoms. The number of hydrogen-bond donors (Lipinski definition) is 1. The molecule has 1 N–H and O–H groups in total. The van der Waals surface area contributed by atoms with Gasteiger partial charge in [-0.25, -0.2) is 4.79 Å². The number of aromatic carboxylic acids is 1. The molecule has 6 nitrogen and oxygen atoms in total. The highest BCUT2D eigenvalue weighted by atomic mass is 32.1. The molecule has 2 aromatic carbocycles. The molecule has 0 saturated heterocycles. The molecule has 0 saturated carbocycles. The summed E-state index contributed by atoms with van der Waals surface area (Å²) in [6.07, 6.45) is 0. The Bertz CT molecular complexity index is 1330. The fourth-order valence-electron chi connectivity index (χ4n) is 3.19. The van der Waals surface area contributed by atoms with Crippen LogP contribution >= 0.6 is 12.2 Å². The molecule has 0 aromatic heterocycles. The van der Waals surface area contributed by atoms with Crippen LogP contribution in [-0.2, 0) is 0 Å². The second kappa shape index (κ2) is 6.74. The molecule has 0 bridgehead atoms. The average molecular weight is 388 g/mol. The van der Waals surface area contributed by atoms with Gasteiger partial charge >= 0.3 is 5.97 Å². The maximum Gasteiger partial charge on any atom is 0.336 e. The zero-order valence-electron chi connectivity index (χ0n) is 14.1. The van der Waals surface area contributed by atoms with Crippen LogP contribution in [0.1, 0.15) is 10.4 Å². The monoisotopic (exact) mass is 388 g/mol. The normalized spacial score (nSPS) is 10.7. The van der Waals surface area contributed by atoms with Crippen LogP contribution in [0.15, 0.2) is 68.8 Å². The summed E-state index contributed by atoms with van der Waals surface area (Å²) in [5.41, 5.74) is 1.86. The van der Waals surface area contributed by atoms with E-state index in [0.717, 1.165) is 0 Å². The Morgan fingerprint density at radius 2 is 1.86 bits per heavy atom. The van der Waals surface area contributed by atoms with Crippen molar-refractivity contribution in [2.45, 2.75) is 0 Å².